The Morgan fingerprint density at radius 1 is 1.16 bits per heavy atom. The van der Waals surface area contributed by atoms with E-state index in [-0.39, 0.29) is 31.4 Å². The van der Waals surface area contributed by atoms with E-state index in [9.17, 15) is 24.3 Å². The summed E-state index contributed by atoms with van der Waals surface area (Å²) in [6, 6.07) is 1.20. The van der Waals surface area contributed by atoms with Crippen LogP contribution in [0.15, 0.2) is 34.7 Å². The number of carbonyl (C=O) groups is 2. The number of hydrogen-bond acceptors (Lipinski definition) is 8. The maximum absolute atomic E-state index is 12.2. The monoisotopic (exact) mass is 438 g/mol. The zero-order chi connectivity index (χ0) is 22.6. The average Bonchev–Trinajstić information content (AvgIpc) is 3.12. The molecule has 1 aromatic heterocycles. The lowest BCUT2D eigenvalue weighted by atomic mass is 10.1. The largest absolute Gasteiger partial charge is 0.459 e. The van der Waals surface area contributed by atoms with Gasteiger partial charge in [0.2, 0.25) is 0 Å². The van der Waals surface area contributed by atoms with Crippen molar-refractivity contribution in [1.82, 2.24) is 9.55 Å². The Kier molecular flexibility index (Phi) is 10.2. The molecule has 0 amide bonds. The molecule has 2 heterocycles. The van der Waals surface area contributed by atoms with Gasteiger partial charge in [-0.15, -0.1) is 0 Å². The molecule has 0 unspecified atom stereocenters. The highest BCUT2D eigenvalue weighted by atomic mass is 16.6. The molecule has 1 aromatic rings. The van der Waals surface area contributed by atoms with Crippen LogP contribution in [0.4, 0.5) is 0 Å². The molecule has 1 aliphatic heterocycles. The summed E-state index contributed by atoms with van der Waals surface area (Å²) >= 11 is 0. The first-order chi connectivity index (χ1) is 14.9. The Labute approximate surface area is 179 Å². The Hall–Kier alpha value is -2.72. The molecule has 0 aliphatic carbocycles. The number of nitrogens with one attached hydrogen (secondary N) is 1. The van der Waals surface area contributed by atoms with Crippen LogP contribution < -0.4 is 11.2 Å². The second-order valence-corrected chi connectivity index (χ2v) is 7.37. The molecule has 172 valence electrons. The van der Waals surface area contributed by atoms with Gasteiger partial charge in [0.05, 0.1) is 12.9 Å². The van der Waals surface area contributed by atoms with Crippen LogP contribution in [0.1, 0.15) is 64.0 Å². The molecule has 2 rings (SSSR count). The normalized spacial score (nSPS) is 20.4. The van der Waals surface area contributed by atoms with Gasteiger partial charge in [0, 0.05) is 31.5 Å². The number of ether oxygens (including phenoxy) is 3. The summed E-state index contributed by atoms with van der Waals surface area (Å²) in [5, 5.41) is 9.51. The number of rotatable bonds is 13. The highest BCUT2D eigenvalue weighted by Crippen LogP contribution is 2.30. The minimum atomic E-state index is -0.736. The Morgan fingerprint density at radius 3 is 2.42 bits per heavy atom. The van der Waals surface area contributed by atoms with Crippen LogP contribution in [0.3, 0.4) is 0 Å². The SMILES string of the molecule is C=COC(=O)CCCCCCCCC(=O)O[C@H]1C[C@H](n2ccc(=O)[nH]c2=O)O[C@@H]1CO. The number of hydrogen-bond donors (Lipinski definition) is 2. The van der Waals surface area contributed by atoms with Gasteiger partial charge in [-0.1, -0.05) is 32.3 Å². The third-order valence-electron chi connectivity index (χ3n) is 5.03. The fourth-order valence-corrected chi connectivity index (χ4v) is 3.44. The smallest absolute Gasteiger partial charge is 0.330 e. The van der Waals surface area contributed by atoms with Gasteiger partial charge < -0.3 is 19.3 Å². The van der Waals surface area contributed by atoms with E-state index in [1.807, 2.05) is 0 Å². The highest BCUT2D eigenvalue weighted by Gasteiger charge is 2.38. The van der Waals surface area contributed by atoms with Crippen molar-refractivity contribution >= 4 is 11.9 Å². The molecule has 0 radical (unpaired) electrons. The van der Waals surface area contributed by atoms with Crippen LogP contribution in [-0.4, -0.2) is 45.4 Å². The molecule has 31 heavy (non-hydrogen) atoms. The van der Waals surface area contributed by atoms with Crippen molar-refractivity contribution < 1.29 is 28.9 Å². The van der Waals surface area contributed by atoms with E-state index >= 15 is 0 Å². The summed E-state index contributed by atoms with van der Waals surface area (Å²) in [6.45, 7) is 2.98. The van der Waals surface area contributed by atoms with Crippen LogP contribution in [0, 0.1) is 0 Å². The quantitative estimate of drug-likeness (QED) is 0.269. The van der Waals surface area contributed by atoms with Crippen LogP contribution in [0.5, 0.6) is 0 Å². The van der Waals surface area contributed by atoms with Crippen molar-refractivity contribution in [2.45, 2.75) is 76.2 Å². The number of unbranched alkanes of at least 4 members (excludes halogenated alkanes) is 5. The van der Waals surface area contributed by atoms with Crippen molar-refractivity contribution in [3.63, 3.8) is 0 Å². The second-order valence-electron chi connectivity index (χ2n) is 7.37. The Bertz CT molecular complexity index is 846. The lowest BCUT2D eigenvalue weighted by molar-refractivity contribution is -0.153. The highest BCUT2D eigenvalue weighted by molar-refractivity contribution is 5.70. The number of H-pyrrole nitrogens is 1. The standard InChI is InChI=1S/C21H30N2O8/c1-2-29-19(26)9-7-5-3-4-6-8-10-20(27)31-15-13-18(30-16(15)14-24)23-12-11-17(25)22-21(23)28/h2,11-12,15-16,18,24H,1,3-10,13-14H2,(H,22,25,28)/t15-,16+,18+/m0/s1. The third-order valence-corrected chi connectivity index (χ3v) is 5.03. The number of aliphatic hydroxyl groups excluding tert-OH is 1. The second kappa shape index (κ2) is 12.9. The fourth-order valence-electron chi connectivity index (χ4n) is 3.44. The molecule has 0 saturated carbocycles. The fraction of sp³-hybridized carbons (Fsp3) is 0.619. The summed E-state index contributed by atoms with van der Waals surface area (Å²) < 4.78 is 16.9. The van der Waals surface area contributed by atoms with Crippen molar-refractivity contribution in [2.75, 3.05) is 6.61 Å². The van der Waals surface area contributed by atoms with Gasteiger partial charge in [-0.05, 0) is 12.8 Å². The summed E-state index contributed by atoms with van der Waals surface area (Å²) in [7, 11) is 0. The van der Waals surface area contributed by atoms with Gasteiger partial charge in [-0.2, -0.15) is 0 Å². The van der Waals surface area contributed by atoms with E-state index in [4.69, 9.17) is 9.47 Å². The number of aromatic nitrogens is 2. The first kappa shape index (κ1) is 24.5. The molecule has 10 nitrogen and oxygen atoms in total. The Balaban J connectivity index is 1.66. The van der Waals surface area contributed by atoms with Crippen LogP contribution in [-0.2, 0) is 23.8 Å². The molecule has 2 N–H and O–H groups in total. The van der Waals surface area contributed by atoms with E-state index in [0.29, 0.717) is 12.8 Å². The summed E-state index contributed by atoms with van der Waals surface area (Å²) in [4.78, 5) is 48.6. The van der Waals surface area contributed by atoms with Crippen LogP contribution in [0.2, 0.25) is 0 Å². The molecular weight excluding hydrogens is 408 g/mol. The molecule has 1 fully saturated rings. The van der Waals surface area contributed by atoms with E-state index in [0.717, 1.165) is 38.4 Å². The minimum absolute atomic E-state index is 0.206. The van der Waals surface area contributed by atoms with E-state index < -0.39 is 29.7 Å². The first-order valence-corrected chi connectivity index (χ1v) is 10.5. The molecule has 1 aliphatic rings. The van der Waals surface area contributed by atoms with Gasteiger partial charge in [-0.3, -0.25) is 23.9 Å². The Morgan fingerprint density at radius 2 is 1.81 bits per heavy atom. The van der Waals surface area contributed by atoms with Gasteiger partial charge in [0.15, 0.2) is 0 Å². The van der Waals surface area contributed by atoms with E-state index in [1.165, 1.54) is 16.8 Å². The topological polar surface area (TPSA) is 137 Å². The number of aliphatic hydroxyl groups is 1. The van der Waals surface area contributed by atoms with Gasteiger partial charge >= 0.3 is 17.6 Å². The van der Waals surface area contributed by atoms with Crippen molar-refractivity contribution in [3.8, 4) is 0 Å². The predicted octanol–water partition coefficient (Wildman–Crippen LogP) is 1.54. The number of aromatic amines is 1. The minimum Gasteiger partial charge on any atom is -0.459 e. The number of carbonyl (C=O) groups excluding carboxylic acids is 2. The lowest BCUT2D eigenvalue weighted by Crippen LogP contribution is -2.31. The van der Waals surface area contributed by atoms with Crippen molar-refractivity contribution in [3.05, 3.63) is 45.9 Å². The van der Waals surface area contributed by atoms with Crippen LogP contribution >= 0.6 is 0 Å². The lowest BCUT2D eigenvalue weighted by Gasteiger charge is -2.16. The van der Waals surface area contributed by atoms with Gasteiger partial charge in [-0.25, -0.2) is 4.79 Å². The maximum Gasteiger partial charge on any atom is 0.330 e. The first-order valence-electron chi connectivity index (χ1n) is 10.5. The van der Waals surface area contributed by atoms with Crippen LogP contribution in [0.25, 0.3) is 0 Å². The summed E-state index contributed by atoms with van der Waals surface area (Å²) in [5.74, 6) is -0.656. The van der Waals surface area contributed by atoms with Crippen molar-refractivity contribution in [1.29, 1.82) is 0 Å². The molecule has 3 atom stereocenters. The predicted molar refractivity (Wildman–Crippen MR) is 110 cm³/mol. The molecule has 0 aromatic carbocycles. The number of nitrogens with zero attached hydrogens (tertiary/aromatic N) is 1. The average molecular weight is 438 g/mol. The van der Waals surface area contributed by atoms with E-state index in [2.05, 4.69) is 16.3 Å². The third kappa shape index (κ3) is 8.14. The zero-order valence-electron chi connectivity index (χ0n) is 17.5. The molecule has 0 spiro atoms. The van der Waals surface area contributed by atoms with E-state index in [1.54, 1.807) is 0 Å². The summed E-state index contributed by atoms with van der Waals surface area (Å²) in [6.07, 6.45) is 6.28. The molecular formula is C21H30N2O8. The molecule has 10 heteroatoms. The maximum atomic E-state index is 12.2. The molecule has 0 bridgehead atoms. The van der Waals surface area contributed by atoms with Gasteiger partial charge in [0.25, 0.3) is 5.56 Å². The number of esters is 2. The zero-order valence-corrected chi connectivity index (χ0v) is 17.5. The molecule has 1 saturated heterocycles. The summed E-state index contributed by atoms with van der Waals surface area (Å²) in [5.41, 5.74) is -1.14. The van der Waals surface area contributed by atoms with Crippen molar-refractivity contribution in [2.24, 2.45) is 0 Å². The van der Waals surface area contributed by atoms with Gasteiger partial charge in [0.1, 0.15) is 18.4 Å².